The van der Waals surface area contributed by atoms with Crippen LogP contribution in [-0.2, 0) is 0 Å². The summed E-state index contributed by atoms with van der Waals surface area (Å²) in [6, 6.07) is -0.742. The normalized spacial score (nSPS) is 17.8. The number of carbonyl (C=O) groups is 1. The highest BCUT2D eigenvalue weighted by Gasteiger charge is 2.35. The Kier molecular flexibility index (Phi) is 3.71. The molecule has 1 aromatic rings. The van der Waals surface area contributed by atoms with E-state index < -0.39 is 23.1 Å². The highest BCUT2D eigenvalue weighted by molar-refractivity contribution is 5.98. The van der Waals surface area contributed by atoms with E-state index in [1.165, 1.54) is 6.08 Å². The molecule has 19 heavy (non-hydrogen) atoms. The van der Waals surface area contributed by atoms with Gasteiger partial charge in [-0.2, -0.15) is 0 Å². The lowest BCUT2D eigenvalue weighted by atomic mass is 10.1. The molecule has 1 amide bonds. The number of aliphatic hydroxyl groups excluding tert-OH is 1. The Morgan fingerprint density at radius 1 is 1.42 bits per heavy atom. The molecular formula is C13H15NO5. The number of fused-ring (bicyclic) bond motifs is 1. The molecule has 2 heterocycles. The van der Waals surface area contributed by atoms with E-state index in [1.807, 2.05) is 6.92 Å². The SMILES string of the molecule is CCC/C=C/c1oc2c(c(=O)c1O)C(=O)NC2CO. The Morgan fingerprint density at radius 3 is 2.79 bits per heavy atom. The Balaban J connectivity index is 2.53. The lowest BCUT2D eigenvalue weighted by molar-refractivity contribution is 0.0940. The van der Waals surface area contributed by atoms with E-state index in [4.69, 9.17) is 9.52 Å². The first-order valence-corrected chi connectivity index (χ1v) is 6.08. The third kappa shape index (κ3) is 2.26. The molecule has 0 fully saturated rings. The predicted octanol–water partition coefficient (Wildman–Crippen LogP) is 0.935. The minimum absolute atomic E-state index is 0.00662. The monoisotopic (exact) mass is 265 g/mol. The predicted molar refractivity (Wildman–Crippen MR) is 67.9 cm³/mol. The summed E-state index contributed by atoms with van der Waals surface area (Å²) in [7, 11) is 0. The van der Waals surface area contributed by atoms with Crippen molar-refractivity contribution in [2.45, 2.75) is 25.8 Å². The summed E-state index contributed by atoms with van der Waals surface area (Å²) in [4.78, 5) is 23.5. The fourth-order valence-corrected chi connectivity index (χ4v) is 1.91. The average Bonchev–Trinajstić information content (AvgIpc) is 2.72. The summed E-state index contributed by atoms with van der Waals surface area (Å²) >= 11 is 0. The number of nitrogens with one attached hydrogen (secondary N) is 1. The Labute approximate surface area is 109 Å². The number of aliphatic hydroxyl groups is 1. The van der Waals surface area contributed by atoms with Crippen LogP contribution in [0.25, 0.3) is 6.08 Å². The quantitative estimate of drug-likeness (QED) is 0.752. The van der Waals surface area contributed by atoms with E-state index in [0.717, 1.165) is 12.8 Å². The number of rotatable bonds is 4. The third-order valence-electron chi connectivity index (χ3n) is 2.90. The van der Waals surface area contributed by atoms with Crippen molar-refractivity contribution in [2.75, 3.05) is 6.61 Å². The van der Waals surface area contributed by atoms with E-state index in [0.29, 0.717) is 0 Å². The molecule has 2 rings (SSSR count). The first-order chi connectivity index (χ1) is 9.10. The van der Waals surface area contributed by atoms with Gasteiger partial charge in [0, 0.05) is 0 Å². The van der Waals surface area contributed by atoms with Crippen LogP contribution in [-0.4, -0.2) is 22.7 Å². The summed E-state index contributed by atoms with van der Waals surface area (Å²) in [5, 5.41) is 21.3. The smallest absolute Gasteiger partial charge is 0.259 e. The van der Waals surface area contributed by atoms with Crippen LogP contribution >= 0.6 is 0 Å². The fourth-order valence-electron chi connectivity index (χ4n) is 1.91. The molecule has 0 saturated carbocycles. The summed E-state index contributed by atoms with van der Waals surface area (Å²) in [6.07, 6.45) is 4.97. The molecular weight excluding hydrogens is 250 g/mol. The number of amides is 1. The van der Waals surface area contributed by atoms with Gasteiger partial charge in [0.1, 0.15) is 17.4 Å². The van der Waals surface area contributed by atoms with Gasteiger partial charge in [0.25, 0.3) is 5.91 Å². The zero-order valence-corrected chi connectivity index (χ0v) is 10.5. The molecule has 0 saturated heterocycles. The second-order valence-electron chi connectivity index (χ2n) is 4.28. The molecule has 0 radical (unpaired) electrons. The molecule has 0 bridgehead atoms. The highest BCUT2D eigenvalue weighted by atomic mass is 16.4. The zero-order valence-electron chi connectivity index (χ0n) is 10.5. The molecule has 0 aliphatic carbocycles. The van der Waals surface area contributed by atoms with E-state index in [2.05, 4.69) is 5.32 Å². The number of carbonyl (C=O) groups excluding carboxylic acids is 1. The van der Waals surface area contributed by atoms with Crippen molar-refractivity contribution in [2.24, 2.45) is 0 Å². The molecule has 1 aliphatic rings. The highest BCUT2D eigenvalue weighted by Crippen LogP contribution is 2.28. The molecule has 0 spiro atoms. The largest absolute Gasteiger partial charge is 0.502 e. The van der Waals surface area contributed by atoms with E-state index in [9.17, 15) is 14.7 Å². The Morgan fingerprint density at radius 2 is 2.16 bits per heavy atom. The lowest BCUT2D eigenvalue weighted by Crippen LogP contribution is -2.23. The van der Waals surface area contributed by atoms with Gasteiger partial charge in [-0.25, -0.2) is 0 Å². The van der Waals surface area contributed by atoms with Gasteiger partial charge in [0.2, 0.25) is 11.2 Å². The van der Waals surface area contributed by atoms with Crippen molar-refractivity contribution < 1.29 is 19.4 Å². The standard InChI is InChI=1S/C13H15NO5/c1-2-3-4-5-8-10(16)11(17)9-12(19-8)7(6-15)14-13(9)18/h4-5,7,15-16H,2-3,6H2,1H3,(H,14,18)/b5-4+. The molecule has 1 atom stereocenters. The van der Waals surface area contributed by atoms with Crippen molar-refractivity contribution in [1.82, 2.24) is 5.32 Å². The van der Waals surface area contributed by atoms with E-state index in [-0.39, 0.29) is 23.7 Å². The van der Waals surface area contributed by atoms with Gasteiger partial charge in [0.15, 0.2) is 5.76 Å². The van der Waals surface area contributed by atoms with Crippen molar-refractivity contribution in [3.05, 3.63) is 33.4 Å². The maximum atomic E-state index is 11.9. The van der Waals surface area contributed by atoms with Gasteiger partial charge in [0.05, 0.1) is 6.61 Å². The third-order valence-corrected chi connectivity index (χ3v) is 2.90. The van der Waals surface area contributed by atoms with Gasteiger partial charge in [-0.05, 0) is 12.5 Å². The van der Waals surface area contributed by atoms with Crippen molar-refractivity contribution in [3.63, 3.8) is 0 Å². The Bertz CT molecular complexity index is 587. The van der Waals surface area contributed by atoms with Crippen LogP contribution in [0.4, 0.5) is 0 Å². The van der Waals surface area contributed by atoms with Crippen LogP contribution in [0.15, 0.2) is 15.3 Å². The molecule has 3 N–H and O–H groups in total. The molecule has 0 aromatic carbocycles. The first-order valence-electron chi connectivity index (χ1n) is 6.08. The van der Waals surface area contributed by atoms with Gasteiger partial charge in [-0.1, -0.05) is 19.4 Å². The van der Waals surface area contributed by atoms with Crippen LogP contribution in [0.3, 0.4) is 0 Å². The number of unbranched alkanes of at least 4 members (excludes halogenated alkanes) is 1. The number of allylic oxidation sites excluding steroid dienone is 1. The molecule has 1 aromatic heterocycles. The topological polar surface area (TPSA) is 99.8 Å². The van der Waals surface area contributed by atoms with Gasteiger partial charge in [-0.3, -0.25) is 9.59 Å². The minimum atomic E-state index is -0.772. The van der Waals surface area contributed by atoms with Crippen LogP contribution in [0, 0.1) is 0 Å². The number of hydrogen-bond donors (Lipinski definition) is 3. The maximum absolute atomic E-state index is 11.9. The average molecular weight is 265 g/mol. The van der Waals surface area contributed by atoms with Crippen LogP contribution < -0.4 is 10.7 Å². The number of aromatic hydroxyl groups is 1. The first kappa shape index (κ1) is 13.4. The lowest BCUT2D eigenvalue weighted by Gasteiger charge is -2.07. The maximum Gasteiger partial charge on any atom is 0.259 e. The minimum Gasteiger partial charge on any atom is -0.502 e. The summed E-state index contributed by atoms with van der Waals surface area (Å²) in [5.41, 5.74) is -1.00. The van der Waals surface area contributed by atoms with Gasteiger partial charge >= 0.3 is 0 Å². The second-order valence-corrected chi connectivity index (χ2v) is 4.28. The number of hydrogen-bond acceptors (Lipinski definition) is 5. The van der Waals surface area contributed by atoms with Gasteiger partial charge in [-0.15, -0.1) is 0 Å². The molecule has 6 heteroatoms. The fraction of sp³-hybridized carbons (Fsp3) is 0.385. The van der Waals surface area contributed by atoms with Crippen molar-refractivity contribution in [3.8, 4) is 5.75 Å². The Hall–Kier alpha value is -2.08. The van der Waals surface area contributed by atoms with E-state index in [1.54, 1.807) is 6.08 Å². The van der Waals surface area contributed by atoms with E-state index >= 15 is 0 Å². The van der Waals surface area contributed by atoms with Crippen LogP contribution in [0.1, 0.15) is 47.7 Å². The van der Waals surface area contributed by atoms with Crippen LogP contribution in [0.2, 0.25) is 0 Å². The van der Waals surface area contributed by atoms with Crippen molar-refractivity contribution >= 4 is 12.0 Å². The molecule has 1 unspecified atom stereocenters. The summed E-state index contributed by atoms with van der Waals surface area (Å²) in [5.74, 6) is -1.14. The molecule has 1 aliphatic heterocycles. The van der Waals surface area contributed by atoms with Crippen molar-refractivity contribution in [1.29, 1.82) is 0 Å². The van der Waals surface area contributed by atoms with Crippen LogP contribution in [0.5, 0.6) is 5.75 Å². The summed E-state index contributed by atoms with van der Waals surface area (Å²) < 4.78 is 5.37. The molecule has 102 valence electrons. The zero-order chi connectivity index (χ0) is 14.0. The summed E-state index contributed by atoms with van der Waals surface area (Å²) in [6.45, 7) is 1.62. The van der Waals surface area contributed by atoms with Gasteiger partial charge < -0.3 is 19.9 Å². The molecule has 6 nitrogen and oxygen atoms in total. The second kappa shape index (κ2) is 5.27.